The molecule has 0 aromatic heterocycles. The fraction of sp³-hybridized carbons (Fsp3) is 0.263. The average Bonchev–Trinajstić information content (AvgIpc) is 2.80. The molecule has 1 fully saturated rings. The lowest BCUT2D eigenvalue weighted by atomic mass is 9.91. The first-order valence-corrected chi connectivity index (χ1v) is 7.78. The molecular formula is C19H20N2O3. The van der Waals surface area contributed by atoms with Gasteiger partial charge in [0, 0.05) is 0 Å². The van der Waals surface area contributed by atoms with Gasteiger partial charge in [-0.2, -0.15) is 0 Å². The van der Waals surface area contributed by atoms with Crippen LogP contribution < -0.4 is 10.1 Å². The third-order valence-electron chi connectivity index (χ3n) is 4.38. The van der Waals surface area contributed by atoms with E-state index in [0.717, 1.165) is 16.7 Å². The number of methoxy groups -OCH3 is 1. The minimum atomic E-state index is -1.04. The highest BCUT2D eigenvalue weighted by atomic mass is 16.5. The van der Waals surface area contributed by atoms with E-state index in [2.05, 4.69) is 5.32 Å². The molecule has 3 amide bonds. The maximum Gasteiger partial charge on any atom is 0.325 e. The normalized spacial score (nSPS) is 20.2. The zero-order valence-electron chi connectivity index (χ0n) is 14.0. The smallest absolute Gasteiger partial charge is 0.325 e. The quantitative estimate of drug-likeness (QED) is 0.880. The summed E-state index contributed by atoms with van der Waals surface area (Å²) in [5.74, 6) is 0.444. The van der Waals surface area contributed by atoms with Gasteiger partial charge in [0.1, 0.15) is 11.3 Å². The van der Waals surface area contributed by atoms with Crippen molar-refractivity contribution in [1.29, 1.82) is 0 Å². The topological polar surface area (TPSA) is 58.6 Å². The van der Waals surface area contributed by atoms with Gasteiger partial charge in [0.15, 0.2) is 0 Å². The highest BCUT2D eigenvalue weighted by molar-refractivity contribution is 6.07. The SMILES string of the molecule is COc1cccc(CN2C(=O)N[C@](C)(c3ccc(C)cc3)C2=O)c1. The Labute approximate surface area is 141 Å². The molecule has 1 atom stereocenters. The first kappa shape index (κ1) is 16.1. The number of aryl methyl sites for hydroxylation is 1. The Kier molecular flexibility index (Phi) is 4.01. The molecular weight excluding hydrogens is 304 g/mol. The molecule has 1 saturated heterocycles. The standard InChI is InChI=1S/C19H20N2O3/c1-13-7-9-15(10-8-13)19(2)17(22)21(18(23)20-19)12-14-5-4-6-16(11-14)24-3/h4-11H,12H2,1-3H3,(H,20,23)/t19-/m1/s1. The molecule has 2 aromatic rings. The highest BCUT2D eigenvalue weighted by Crippen LogP contribution is 2.30. The minimum absolute atomic E-state index is 0.212. The van der Waals surface area contributed by atoms with Gasteiger partial charge in [-0.05, 0) is 37.1 Å². The predicted octanol–water partition coefficient (Wildman–Crippen LogP) is 2.97. The van der Waals surface area contributed by atoms with Crippen molar-refractivity contribution in [3.63, 3.8) is 0 Å². The van der Waals surface area contributed by atoms with Crippen LogP contribution in [-0.2, 0) is 16.9 Å². The summed E-state index contributed by atoms with van der Waals surface area (Å²) >= 11 is 0. The lowest BCUT2D eigenvalue weighted by Crippen LogP contribution is -2.40. The Hall–Kier alpha value is -2.82. The number of nitrogens with one attached hydrogen (secondary N) is 1. The minimum Gasteiger partial charge on any atom is -0.497 e. The number of ether oxygens (including phenoxy) is 1. The Morgan fingerprint density at radius 3 is 2.50 bits per heavy atom. The summed E-state index contributed by atoms with van der Waals surface area (Å²) in [7, 11) is 1.58. The number of hydrogen-bond donors (Lipinski definition) is 1. The molecule has 0 radical (unpaired) electrons. The van der Waals surface area contributed by atoms with Crippen LogP contribution in [-0.4, -0.2) is 23.9 Å². The van der Waals surface area contributed by atoms with Crippen LogP contribution in [0.5, 0.6) is 5.75 Å². The second-order valence-electron chi connectivity index (χ2n) is 6.16. The number of imide groups is 1. The van der Waals surface area contributed by atoms with E-state index in [1.807, 2.05) is 55.5 Å². The Balaban J connectivity index is 1.87. The van der Waals surface area contributed by atoms with E-state index in [1.165, 1.54) is 4.90 Å². The maximum atomic E-state index is 12.9. The van der Waals surface area contributed by atoms with Gasteiger partial charge in [-0.1, -0.05) is 42.0 Å². The largest absolute Gasteiger partial charge is 0.497 e. The molecule has 1 N–H and O–H groups in total. The molecule has 0 bridgehead atoms. The van der Waals surface area contributed by atoms with Crippen LogP contribution in [0.2, 0.25) is 0 Å². The van der Waals surface area contributed by atoms with Gasteiger partial charge in [0.25, 0.3) is 5.91 Å². The van der Waals surface area contributed by atoms with E-state index in [0.29, 0.717) is 5.75 Å². The number of rotatable bonds is 4. The Morgan fingerprint density at radius 2 is 1.83 bits per heavy atom. The lowest BCUT2D eigenvalue weighted by Gasteiger charge is -2.22. The molecule has 0 aliphatic carbocycles. The molecule has 0 unspecified atom stereocenters. The average molecular weight is 324 g/mol. The van der Waals surface area contributed by atoms with Crippen molar-refractivity contribution in [3.05, 3.63) is 65.2 Å². The number of benzene rings is 2. The van der Waals surface area contributed by atoms with Gasteiger partial charge in [0.2, 0.25) is 0 Å². The van der Waals surface area contributed by atoms with Crippen molar-refractivity contribution < 1.29 is 14.3 Å². The molecule has 1 heterocycles. The van der Waals surface area contributed by atoms with Gasteiger partial charge in [0.05, 0.1) is 13.7 Å². The zero-order chi connectivity index (χ0) is 17.3. The zero-order valence-corrected chi connectivity index (χ0v) is 14.0. The van der Waals surface area contributed by atoms with Crippen molar-refractivity contribution in [1.82, 2.24) is 10.2 Å². The summed E-state index contributed by atoms with van der Waals surface area (Å²) in [4.78, 5) is 26.5. The van der Waals surface area contributed by atoms with Gasteiger partial charge in [-0.15, -0.1) is 0 Å². The molecule has 124 valence electrons. The van der Waals surface area contributed by atoms with Crippen molar-refractivity contribution in [3.8, 4) is 5.75 Å². The fourth-order valence-electron chi connectivity index (χ4n) is 2.88. The molecule has 0 saturated carbocycles. The van der Waals surface area contributed by atoms with Crippen LogP contribution in [0.25, 0.3) is 0 Å². The van der Waals surface area contributed by atoms with E-state index < -0.39 is 5.54 Å². The van der Waals surface area contributed by atoms with Crippen LogP contribution in [0.15, 0.2) is 48.5 Å². The predicted molar refractivity (Wildman–Crippen MR) is 90.6 cm³/mol. The third kappa shape index (κ3) is 2.73. The van der Waals surface area contributed by atoms with E-state index in [4.69, 9.17) is 4.74 Å². The molecule has 2 aromatic carbocycles. The maximum absolute atomic E-state index is 12.9. The van der Waals surface area contributed by atoms with Crippen LogP contribution >= 0.6 is 0 Å². The molecule has 5 heteroatoms. The van der Waals surface area contributed by atoms with Crippen LogP contribution in [0.1, 0.15) is 23.6 Å². The summed E-state index contributed by atoms with van der Waals surface area (Å²) in [6.07, 6.45) is 0. The highest BCUT2D eigenvalue weighted by Gasteiger charge is 2.48. The van der Waals surface area contributed by atoms with Crippen molar-refractivity contribution >= 4 is 11.9 Å². The van der Waals surface area contributed by atoms with E-state index in [1.54, 1.807) is 14.0 Å². The van der Waals surface area contributed by atoms with Gasteiger partial charge >= 0.3 is 6.03 Å². The molecule has 3 rings (SSSR count). The summed E-state index contributed by atoms with van der Waals surface area (Å²) in [6.45, 7) is 3.93. The Bertz CT molecular complexity index is 785. The molecule has 24 heavy (non-hydrogen) atoms. The summed E-state index contributed by atoms with van der Waals surface area (Å²) in [5.41, 5.74) is 1.68. The molecule has 5 nitrogen and oxygen atoms in total. The number of urea groups is 1. The van der Waals surface area contributed by atoms with Crippen molar-refractivity contribution in [2.75, 3.05) is 7.11 Å². The molecule has 1 aliphatic rings. The molecule has 1 aliphatic heterocycles. The van der Waals surface area contributed by atoms with Gasteiger partial charge in [-0.25, -0.2) is 4.79 Å². The van der Waals surface area contributed by atoms with E-state index in [9.17, 15) is 9.59 Å². The number of nitrogens with zero attached hydrogens (tertiary/aromatic N) is 1. The van der Waals surface area contributed by atoms with Crippen LogP contribution in [0.4, 0.5) is 4.79 Å². The number of hydrogen-bond acceptors (Lipinski definition) is 3. The summed E-state index contributed by atoms with van der Waals surface area (Å²) in [5, 5.41) is 2.82. The number of amides is 3. The first-order chi connectivity index (χ1) is 11.4. The second kappa shape index (κ2) is 6.00. The second-order valence-corrected chi connectivity index (χ2v) is 6.16. The van der Waals surface area contributed by atoms with Crippen molar-refractivity contribution in [2.45, 2.75) is 25.9 Å². The summed E-state index contributed by atoms with van der Waals surface area (Å²) in [6, 6.07) is 14.6. The van der Waals surface area contributed by atoms with Crippen LogP contribution in [0, 0.1) is 6.92 Å². The van der Waals surface area contributed by atoms with E-state index >= 15 is 0 Å². The monoisotopic (exact) mass is 324 g/mol. The lowest BCUT2D eigenvalue weighted by molar-refractivity contribution is -0.131. The number of carbonyl (C=O) groups excluding carboxylic acids is 2. The molecule has 0 spiro atoms. The fourth-order valence-corrected chi connectivity index (χ4v) is 2.88. The van der Waals surface area contributed by atoms with Crippen LogP contribution in [0.3, 0.4) is 0 Å². The van der Waals surface area contributed by atoms with Gasteiger partial charge < -0.3 is 10.1 Å². The number of carbonyl (C=O) groups is 2. The third-order valence-corrected chi connectivity index (χ3v) is 4.38. The first-order valence-electron chi connectivity index (χ1n) is 7.78. The summed E-state index contributed by atoms with van der Waals surface area (Å²) < 4.78 is 5.19. The van der Waals surface area contributed by atoms with E-state index in [-0.39, 0.29) is 18.5 Å². The van der Waals surface area contributed by atoms with Crippen molar-refractivity contribution in [2.24, 2.45) is 0 Å². The van der Waals surface area contributed by atoms with Gasteiger partial charge in [-0.3, -0.25) is 9.69 Å². The Morgan fingerprint density at radius 1 is 1.12 bits per heavy atom.